The van der Waals surface area contributed by atoms with Crippen LogP contribution in [0.25, 0.3) is 0 Å². The van der Waals surface area contributed by atoms with Gasteiger partial charge in [0, 0.05) is 7.11 Å². The number of fused-ring (bicyclic) bond motifs is 1. The number of hydrogen-bond donors (Lipinski definition) is 1. The number of hydrogen-bond acceptors (Lipinski definition) is 4. The molecule has 0 spiro atoms. The Morgan fingerprint density at radius 2 is 2.05 bits per heavy atom. The van der Waals surface area contributed by atoms with E-state index in [1.807, 2.05) is 4.68 Å². The minimum atomic E-state index is -0.0115. The van der Waals surface area contributed by atoms with Crippen molar-refractivity contribution in [3.05, 3.63) is 40.7 Å². The number of ether oxygens (including phenoxy) is 1. The highest BCUT2D eigenvalue weighted by Crippen LogP contribution is 2.36. The SMILES string of the molecule is COC1CCC(c2ccc(C)c(C)c2)n2nc(N)nc21. The van der Waals surface area contributed by atoms with E-state index >= 15 is 0 Å². The van der Waals surface area contributed by atoms with Crippen LogP contribution in [0.4, 0.5) is 5.95 Å². The standard InChI is InChI=1S/C15H20N4O/c1-9-4-5-11(8-10(9)2)12-6-7-13(20-3)14-17-15(16)18-19(12)14/h4-5,8,12-13H,6-7H2,1-3H3,(H2,16,18). The van der Waals surface area contributed by atoms with Crippen LogP contribution in [-0.2, 0) is 4.74 Å². The van der Waals surface area contributed by atoms with Crippen LogP contribution in [0, 0.1) is 13.8 Å². The Morgan fingerprint density at radius 1 is 1.25 bits per heavy atom. The molecule has 2 unspecified atom stereocenters. The minimum Gasteiger partial charge on any atom is -0.373 e. The first-order valence-electron chi connectivity index (χ1n) is 6.92. The molecular weight excluding hydrogens is 252 g/mol. The Balaban J connectivity index is 2.04. The van der Waals surface area contributed by atoms with E-state index in [4.69, 9.17) is 10.5 Å². The maximum absolute atomic E-state index is 5.77. The Bertz CT molecular complexity index is 635. The van der Waals surface area contributed by atoms with Crippen molar-refractivity contribution in [2.24, 2.45) is 0 Å². The molecule has 0 bridgehead atoms. The van der Waals surface area contributed by atoms with Crippen molar-refractivity contribution in [1.82, 2.24) is 14.8 Å². The van der Waals surface area contributed by atoms with Crippen molar-refractivity contribution in [3.8, 4) is 0 Å². The van der Waals surface area contributed by atoms with Crippen LogP contribution in [0.3, 0.4) is 0 Å². The molecule has 5 nitrogen and oxygen atoms in total. The molecule has 0 amide bonds. The maximum atomic E-state index is 5.77. The predicted octanol–water partition coefficient (Wildman–Crippen LogP) is 2.55. The quantitative estimate of drug-likeness (QED) is 0.912. The van der Waals surface area contributed by atoms with Gasteiger partial charge in [-0.2, -0.15) is 4.98 Å². The van der Waals surface area contributed by atoms with Gasteiger partial charge in [-0.05, 0) is 43.4 Å². The summed E-state index contributed by atoms with van der Waals surface area (Å²) in [4.78, 5) is 4.32. The number of rotatable bonds is 2. The van der Waals surface area contributed by atoms with Gasteiger partial charge in [-0.3, -0.25) is 0 Å². The van der Waals surface area contributed by atoms with Crippen LogP contribution in [0.5, 0.6) is 0 Å². The molecule has 106 valence electrons. The van der Waals surface area contributed by atoms with Gasteiger partial charge < -0.3 is 10.5 Å². The first kappa shape index (κ1) is 13.1. The van der Waals surface area contributed by atoms with Gasteiger partial charge in [-0.1, -0.05) is 18.2 Å². The second-order valence-electron chi connectivity index (χ2n) is 5.43. The number of methoxy groups -OCH3 is 1. The fourth-order valence-electron chi connectivity index (χ4n) is 2.87. The maximum Gasteiger partial charge on any atom is 0.239 e. The lowest BCUT2D eigenvalue weighted by Crippen LogP contribution is -2.24. The van der Waals surface area contributed by atoms with E-state index in [9.17, 15) is 0 Å². The van der Waals surface area contributed by atoms with Crippen molar-refractivity contribution in [2.75, 3.05) is 12.8 Å². The molecule has 5 heteroatoms. The highest BCUT2D eigenvalue weighted by atomic mass is 16.5. The number of nitrogens with two attached hydrogens (primary N) is 1. The molecule has 1 aliphatic heterocycles. The molecule has 3 rings (SSSR count). The number of nitrogens with zero attached hydrogens (tertiary/aromatic N) is 3. The number of nitrogen functional groups attached to an aromatic ring is 1. The van der Waals surface area contributed by atoms with Crippen LogP contribution in [0.15, 0.2) is 18.2 Å². The van der Waals surface area contributed by atoms with Crippen LogP contribution in [0.1, 0.15) is 47.5 Å². The third-order valence-electron chi connectivity index (χ3n) is 4.16. The summed E-state index contributed by atoms with van der Waals surface area (Å²) in [6.45, 7) is 4.26. The van der Waals surface area contributed by atoms with Crippen molar-refractivity contribution in [1.29, 1.82) is 0 Å². The number of aryl methyl sites for hydroxylation is 2. The summed E-state index contributed by atoms with van der Waals surface area (Å²) in [5, 5.41) is 4.36. The molecule has 0 aliphatic carbocycles. The van der Waals surface area contributed by atoms with Gasteiger partial charge in [-0.15, -0.1) is 5.10 Å². The Morgan fingerprint density at radius 3 is 2.75 bits per heavy atom. The van der Waals surface area contributed by atoms with Gasteiger partial charge in [0.2, 0.25) is 5.95 Å². The molecule has 0 saturated heterocycles. The third kappa shape index (κ3) is 2.08. The monoisotopic (exact) mass is 272 g/mol. The number of anilines is 1. The second kappa shape index (κ2) is 4.90. The highest BCUT2D eigenvalue weighted by molar-refractivity contribution is 5.33. The van der Waals surface area contributed by atoms with Crippen LogP contribution >= 0.6 is 0 Å². The summed E-state index contributed by atoms with van der Waals surface area (Å²) in [7, 11) is 1.70. The predicted molar refractivity (Wildman–Crippen MR) is 77.5 cm³/mol. The van der Waals surface area contributed by atoms with E-state index in [1.165, 1.54) is 16.7 Å². The Hall–Kier alpha value is -1.88. The molecular formula is C15H20N4O. The van der Waals surface area contributed by atoms with E-state index in [0.717, 1.165) is 18.7 Å². The molecule has 0 fully saturated rings. The largest absolute Gasteiger partial charge is 0.373 e. The molecule has 0 radical (unpaired) electrons. The van der Waals surface area contributed by atoms with Crippen LogP contribution < -0.4 is 5.73 Å². The van der Waals surface area contributed by atoms with Crippen molar-refractivity contribution in [2.45, 2.75) is 38.8 Å². The van der Waals surface area contributed by atoms with Gasteiger partial charge >= 0.3 is 0 Å². The fourth-order valence-corrected chi connectivity index (χ4v) is 2.87. The van der Waals surface area contributed by atoms with E-state index in [-0.39, 0.29) is 12.1 Å². The minimum absolute atomic E-state index is 0.0115. The summed E-state index contributed by atoms with van der Waals surface area (Å²) < 4.78 is 7.41. The Kier molecular flexibility index (Phi) is 3.22. The van der Waals surface area contributed by atoms with Gasteiger partial charge in [0.15, 0.2) is 5.82 Å². The summed E-state index contributed by atoms with van der Waals surface area (Å²) in [5.74, 6) is 1.15. The van der Waals surface area contributed by atoms with E-state index in [1.54, 1.807) is 7.11 Å². The fraction of sp³-hybridized carbons (Fsp3) is 0.467. The average molecular weight is 272 g/mol. The van der Waals surface area contributed by atoms with Gasteiger partial charge in [0.25, 0.3) is 0 Å². The molecule has 1 aromatic heterocycles. The zero-order valence-corrected chi connectivity index (χ0v) is 12.1. The number of benzene rings is 1. The number of aromatic nitrogens is 3. The Labute approximate surface area is 118 Å². The summed E-state index contributed by atoms with van der Waals surface area (Å²) in [6, 6.07) is 6.75. The topological polar surface area (TPSA) is 66.0 Å². The second-order valence-corrected chi connectivity index (χ2v) is 5.43. The lowest BCUT2D eigenvalue weighted by atomic mass is 9.94. The molecule has 0 saturated carbocycles. The first-order valence-corrected chi connectivity index (χ1v) is 6.92. The van der Waals surface area contributed by atoms with Crippen molar-refractivity contribution < 1.29 is 4.74 Å². The van der Waals surface area contributed by atoms with Crippen molar-refractivity contribution in [3.63, 3.8) is 0 Å². The van der Waals surface area contributed by atoms with Gasteiger partial charge in [0.05, 0.1) is 6.04 Å². The molecule has 1 aromatic carbocycles. The molecule has 2 N–H and O–H groups in total. The van der Waals surface area contributed by atoms with Crippen LogP contribution in [0.2, 0.25) is 0 Å². The zero-order chi connectivity index (χ0) is 14.3. The van der Waals surface area contributed by atoms with Crippen LogP contribution in [-0.4, -0.2) is 21.9 Å². The average Bonchev–Trinajstić information content (AvgIpc) is 2.82. The first-order chi connectivity index (χ1) is 9.60. The lowest BCUT2D eigenvalue weighted by molar-refractivity contribution is 0.0649. The molecule has 2 heterocycles. The van der Waals surface area contributed by atoms with E-state index < -0.39 is 0 Å². The zero-order valence-electron chi connectivity index (χ0n) is 12.1. The van der Waals surface area contributed by atoms with Gasteiger partial charge in [-0.25, -0.2) is 4.68 Å². The third-order valence-corrected chi connectivity index (χ3v) is 4.16. The highest BCUT2D eigenvalue weighted by Gasteiger charge is 2.31. The summed E-state index contributed by atoms with van der Waals surface area (Å²) in [6.07, 6.45) is 1.91. The summed E-state index contributed by atoms with van der Waals surface area (Å²) >= 11 is 0. The molecule has 1 aliphatic rings. The smallest absolute Gasteiger partial charge is 0.239 e. The van der Waals surface area contributed by atoms with E-state index in [0.29, 0.717) is 5.95 Å². The molecule has 2 atom stereocenters. The van der Waals surface area contributed by atoms with Crippen molar-refractivity contribution >= 4 is 5.95 Å². The molecule has 2 aromatic rings. The summed E-state index contributed by atoms with van der Waals surface area (Å²) in [5.41, 5.74) is 9.63. The van der Waals surface area contributed by atoms with Gasteiger partial charge in [0.1, 0.15) is 6.10 Å². The lowest BCUT2D eigenvalue weighted by Gasteiger charge is -2.28. The van der Waals surface area contributed by atoms with E-state index in [2.05, 4.69) is 42.1 Å². The normalized spacial score (nSPS) is 21.8. The molecule has 20 heavy (non-hydrogen) atoms.